The summed E-state index contributed by atoms with van der Waals surface area (Å²) in [5.74, 6) is 0.588. The van der Waals surface area contributed by atoms with Crippen LogP contribution < -0.4 is 0 Å². The summed E-state index contributed by atoms with van der Waals surface area (Å²) in [6.07, 6.45) is 10.5. The molecule has 0 saturated carbocycles. The van der Waals surface area contributed by atoms with Crippen molar-refractivity contribution in [1.82, 2.24) is 9.21 Å². The van der Waals surface area contributed by atoms with Gasteiger partial charge < -0.3 is 4.90 Å². The molecule has 0 aromatic heterocycles. The lowest BCUT2D eigenvalue weighted by atomic mass is 9.94. The first-order valence-electron chi connectivity index (χ1n) is 9.23. The minimum Gasteiger partial charge on any atom is -0.305 e. The highest BCUT2D eigenvalue weighted by Crippen LogP contribution is 2.29. The molecule has 0 radical (unpaired) electrons. The van der Waals surface area contributed by atoms with E-state index in [9.17, 15) is 8.42 Å². The molecule has 1 N–H and O–H groups in total. The predicted molar refractivity (Wildman–Crippen MR) is 111 cm³/mol. The molecule has 6 heteroatoms. The van der Waals surface area contributed by atoms with Gasteiger partial charge in [0.2, 0.25) is 10.0 Å². The van der Waals surface area contributed by atoms with E-state index < -0.39 is 10.0 Å². The zero-order chi connectivity index (χ0) is 19.6. The minimum absolute atomic E-state index is 0.0551. The molecule has 0 aliphatic carbocycles. The van der Waals surface area contributed by atoms with Crippen LogP contribution in [0.2, 0.25) is 0 Å². The van der Waals surface area contributed by atoms with Crippen molar-refractivity contribution in [2.45, 2.75) is 26.7 Å². The zero-order valence-corrected chi connectivity index (χ0v) is 17.0. The van der Waals surface area contributed by atoms with Gasteiger partial charge in [0.1, 0.15) is 5.84 Å². The number of hydrogen-bond acceptors (Lipinski definition) is 3. The predicted octanol–water partition coefficient (Wildman–Crippen LogP) is 3.76. The Balaban J connectivity index is 1.82. The Bertz CT molecular complexity index is 921. The van der Waals surface area contributed by atoms with Gasteiger partial charge in [0, 0.05) is 25.2 Å². The molecule has 5 nitrogen and oxygen atoms in total. The Labute approximate surface area is 162 Å². The summed E-state index contributed by atoms with van der Waals surface area (Å²) in [4.78, 5) is 1.94. The molecule has 0 amide bonds. The first-order chi connectivity index (χ1) is 12.8. The summed E-state index contributed by atoms with van der Waals surface area (Å²) in [6, 6.07) is 8.37. The average molecular weight is 386 g/mol. The Morgan fingerprint density at radius 3 is 2.52 bits per heavy atom. The van der Waals surface area contributed by atoms with Crippen LogP contribution in [0.1, 0.15) is 30.9 Å². The van der Waals surface area contributed by atoms with E-state index >= 15 is 0 Å². The van der Waals surface area contributed by atoms with Gasteiger partial charge in [-0.15, -0.1) is 0 Å². The zero-order valence-electron chi connectivity index (χ0n) is 16.1. The Morgan fingerprint density at radius 2 is 1.89 bits per heavy atom. The molecule has 1 aromatic rings. The van der Waals surface area contributed by atoms with Crippen LogP contribution in [0.3, 0.4) is 0 Å². The number of sulfonamides is 1. The van der Waals surface area contributed by atoms with Crippen LogP contribution >= 0.6 is 0 Å². The topological polar surface area (TPSA) is 64.5 Å². The van der Waals surface area contributed by atoms with Crippen LogP contribution in [0.25, 0.3) is 5.57 Å². The van der Waals surface area contributed by atoms with E-state index in [1.807, 2.05) is 35.4 Å². The number of allylic oxidation sites excluding steroid dienone is 4. The van der Waals surface area contributed by atoms with Crippen LogP contribution in [0.5, 0.6) is 0 Å². The van der Waals surface area contributed by atoms with E-state index in [2.05, 4.69) is 32.0 Å². The van der Waals surface area contributed by atoms with E-state index in [1.54, 1.807) is 0 Å². The maximum Gasteiger partial charge on any atom is 0.211 e. The Kier molecular flexibility index (Phi) is 5.67. The number of piperidine rings is 1. The smallest absolute Gasteiger partial charge is 0.211 e. The van der Waals surface area contributed by atoms with Gasteiger partial charge in [0.25, 0.3) is 0 Å². The first-order valence-corrected chi connectivity index (χ1v) is 11.1. The summed E-state index contributed by atoms with van der Waals surface area (Å²) in [5.41, 5.74) is 4.48. The fourth-order valence-corrected chi connectivity index (χ4v) is 4.52. The van der Waals surface area contributed by atoms with Crippen molar-refractivity contribution in [2.75, 3.05) is 19.3 Å². The third kappa shape index (κ3) is 4.39. The van der Waals surface area contributed by atoms with E-state index in [0.29, 0.717) is 31.8 Å². The molecule has 0 unspecified atom stereocenters. The quantitative estimate of drug-likeness (QED) is 0.636. The molecule has 1 fully saturated rings. The Hall–Kier alpha value is -2.18. The summed E-state index contributed by atoms with van der Waals surface area (Å²) in [6.45, 7) is 5.12. The van der Waals surface area contributed by atoms with Gasteiger partial charge >= 0.3 is 0 Å². The summed E-state index contributed by atoms with van der Waals surface area (Å²) in [5, 5.41) is 8.77. The van der Waals surface area contributed by atoms with Gasteiger partial charge in [0.15, 0.2) is 0 Å². The van der Waals surface area contributed by atoms with Crippen molar-refractivity contribution in [1.29, 1.82) is 5.41 Å². The van der Waals surface area contributed by atoms with Crippen molar-refractivity contribution in [3.05, 3.63) is 65.5 Å². The summed E-state index contributed by atoms with van der Waals surface area (Å²) < 4.78 is 25.0. The standard InChI is InChI=1S/C21H27N3O2S/c1-16-7-6-8-19(15-16)17(2)20-9-4-5-12-24(20)21(22)18-10-13-23(14-11-18)27(3,25)26/h4-9,12,15,18,22H,10-11,13-14H2,1-3H3/b20-17+,22-21?. The van der Waals surface area contributed by atoms with Crippen LogP contribution in [-0.2, 0) is 10.0 Å². The molecule has 3 rings (SSSR count). The van der Waals surface area contributed by atoms with Crippen molar-refractivity contribution in [2.24, 2.45) is 5.92 Å². The maximum atomic E-state index is 11.7. The lowest BCUT2D eigenvalue weighted by molar-refractivity contribution is 0.309. The maximum absolute atomic E-state index is 11.7. The van der Waals surface area contributed by atoms with E-state index in [1.165, 1.54) is 16.1 Å². The monoisotopic (exact) mass is 385 g/mol. The van der Waals surface area contributed by atoms with Crippen LogP contribution in [0.4, 0.5) is 0 Å². The third-order valence-corrected chi connectivity index (χ3v) is 6.57. The van der Waals surface area contributed by atoms with Gasteiger partial charge in [-0.3, -0.25) is 5.41 Å². The molecule has 0 spiro atoms. The molecule has 0 atom stereocenters. The van der Waals surface area contributed by atoms with E-state index in [4.69, 9.17) is 5.41 Å². The molecule has 2 aliphatic heterocycles. The summed E-state index contributed by atoms with van der Waals surface area (Å²) >= 11 is 0. The number of nitrogens with zero attached hydrogens (tertiary/aromatic N) is 2. The van der Waals surface area contributed by atoms with Crippen LogP contribution in [0.15, 0.2) is 54.4 Å². The van der Waals surface area contributed by atoms with Crippen LogP contribution in [0, 0.1) is 18.3 Å². The number of nitrogens with one attached hydrogen (secondary N) is 1. The fourth-order valence-electron chi connectivity index (χ4n) is 3.64. The molecular weight excluding hydrogens is 358 g/mol. The van der Waals surface area contributed by atoms with Gasteiger partial charge in [-0.05, 0) is 50.0 Å². The third-order valence-electron chi connectivity index (χ3n) is 5.26. The molecule has 0 bridgehead atoms. The van der Waals surface area contributed by atoms with Crippen molar-refractivity contribution < 1.29 is 8.42 Å². The number of rotatable bonds is 3. The highest BCUT2D eigenvalue weighted by Gasteiger charge is 2.30. The normalized spacial score (nSPS) is 20.8. The van der Waals surface area contributed by atoms with Gasteiger partial charge in [0.05, 0.1) is 12.0 Å². The van der Waals surface area contributed by atoms with Crippen LogP contribution in [-0.4, -0.2) is 42.8 Å². The summed E-state index contributed by atoms with van der Waals surface area (Å²) in [7, 11) is -3.15. The highest BCUT2D eigenvalue weighted by atomic mass is 32.2. The lowest BCUT2D eigenvalue weighted by Gasteiger charge is -2.35. The second-order valence-corrected chi connectivity index (χ2v) is 9.25. The second-order valence-electron chi connectivity index (χ2n) is 7.27. The molecule has 27 heavy (non-hydrogen) atoms. The number of benzene rings is 1. The SMILES string of the molecule is C/C(=C1/C=CC=CN1C(=N)C1CCN(S(C)(=O)=O)CC1)c1cccc(C)c1. The largest absolute Gasteiger partial charge is 0.305 e. The van der Waals surface area contributed by atoms with Gasteiger partial charge in [-0.25, -0.2) is 12.7 Å². The molecule has 2 heterocycles. The molecule has 1 aromatic carbocycles. The van der Waals surface area contributed by atoms with Gasteiger partial charge in [-0.2, -0.15) is 0 Å². The van der Waals surface area contributed by atoms with Crippen molar-refractivity contribution in [3.8, 4) is 0 Å². The highest BCUT2D eigenvalue weighted by molar-refractivity contribution is 7.88. The first kappa shape index (κ1) is 19.6. The van der Waals surface area contributed by atoms with Crippen molar-refractivity contribution in [3.63, 3.8) is 0 Å². The average Bonchev–Trinajstić information content (AvgIpc) is 2.66. The van der Waals surface area contributed by atoms with Gasteiger partial charge in [-0.1, -0.05) is 35.9 Å². The molecule has 2 aliphatic rings. The molecule has 144 valence electrons. The number of hydrogen-bond donors (Lipinski definition) is 1. The molecular formula is C21H27N3O2S. The van der Waals surface area contributed by atoms with E-state index in [0.717, 1.165) is 16.8 Å². The van der Waals surface area contributed by atoms with E-state index in [-0.39, 0.29) is 5.92 Å². The minimum atomic E-state index is -3.15. The second kappa shape index (κ2) is 7.82. The van der Waals surface area contributed by atoms with Crippen molar-refractivity contribution >= 4 is 21.4 Å². The number of aryl methyl sites for hydroxylation is 1. The fraction of sp³-hybridized carbons (Fsp3) is 0.381. The molecule has 1 saturated heterocycles. The number of amidine groups is 1. The lowest BCUT2D eigenvalue weighted by Crippen LogP contribution is -2.42. The Morgan fingerprint density at radius 1 is 1.19 bits per heavy atom.